The number of hydrogen-bond donors (Lipinski definition) is 0. The lowest BCUT2D eigenvalue weighted by atomic mass is 10.3. The summed E-state index contributed by atoms with van der Waals surface area (Å²) in [5.41, 5.74) is 0.0655. The molecule has 0 bridgehead atoms. The highest BCUT2D eigenvalue weighted by Crippen LogP contribution is 2.25. The molecule has 8 heteroatoms. The Morgan fingerprint density at radius 2 is 1.80 bits per heavy atom. The largest absolute Gasteiger partial charge is 0.457 e. The molecule has 4 rings (SSSR count). The zero-order valence-corrected chi connectivity index (χ0v) is 14.0. The number of furan rings is 1. The summed E-state index contributed by atoms with van der Waals surface area (Å²) >= 11 is 12.0. The number of hydrogen-bond acceptors (Lipinski definition) is 4. The van der Waals surface area contributed by atoms with E-state index in [1.165, 1.54) is 17.0 Å². The summed E-state index contributed by atoms with van der Waals surface area (Å²) in [5.74, 6) is 0. The van der Waals surface area contributed by atoms with Gasteiger partial charge in [0.25, 0.3) is 0 Å². The van der Waals surface area contributed by atoms with Gasteiger partial charge in [0.1, 0.15) is 5.52 Å². The maximum Gasteiger partial charge on any atom is 0.341 e. The van der Waals surface area contributed by atoms with Crippen LogP contribution in [0.3, 0.4) is 0 Å². The standard InChI is InChI=1S/C17H9Cl2N3O3/c18-12-4-3-10(8-13(12)19)21-14-5-7-25-15(14)16(23)22(17(21)24)11-2-1-6-20-9-11/h1-9H. The van der Waals surface area contributed by atoms with E-state index in [2.05, 4.69) is 4.98 Å². The Kier molecular flexibility index (Phi) is 3.71. The minimum atomic E-state index is -0.565. The molecule has 0 aliphatic heterocycles. The molecule has 0 unspecified atom stereocenters. The number of pyridine rings is 1. The average molecular weight is 374 g/mol. The fraction of sp³-hybridized carbons (Fsp3) is 0. The van der Waals surface area contributed by atoms with Crippen LogP contribution in [0.1, 0.15) is 0 Å². The summed E-state index contributed by atoms with van der Waals surface area (Å²) in [6, 6.07) is 9.57. The van der Waals surface area contributed by atoms with Crippen LogP contribution in [0.4, 0.5) is 0 Å². The van der Waals surface area contributed by atoms with E-state index in [1.54, 1.807) is 42.6 Å². The third-order valence-electron chi connectivity index (χ3n) is 3.73. The normalized spacial score (nSPS) is 11.1. The molecule has 1 aromatic carbocycles. The van der Waals surface area contributed by atoms with E-state index >= 15 is 0 Å². The number of aromatic nitrogens is 3. The minimum Gasteiger partial charge on any atom is -0.457 e. The van der Waals surface area contributed by atoms with Crippen molar-refractivity contribution >= 4 is 34.3 Å². The molecule has 3 heterocycles. The van der Waals surface area contributed by atoms with Crippen molar-refractivity contribution in [1.82, 2.24) is 14.1 Å². The summed E-state index contributed by atoms with van der Waals surface area (Å²) in [7, 11) is 0. The maximum absolute atomic E-state index is 13.1. The first-order valence-corrected chi connectivity index (χ1v) is 7.94. The Morgan fingerprint density at radius 1 is 0.960 bits per heavy atom. The van der Waals surface area contributed by atoms with E-state index in [1.807, 2.05) is 0 Å². The second kappa shape index (κ2) is 5.91. The molecule has 6 nitrogen and oxygen atoms in total. The molecule has 0 saturated carbocycles. The van der Waals surface area contributed by atoms with Gasteiger partial charge >= 0.3 is 11.2 Å². The van der Waals surface area contributed by atoms with Crippen molar-refractivity contribution in [2.45, 2.75) is 0 Å². The lowest BCUT2D eigenvalue weighted by Crippen LogP contribution is -2.38. The SMILES string of the molecule is O=c1c2occc2n(-c2ccc(Cl)c(Cl)c2)c(=O)n1-c1cccnc1. The number of rotatable bonds is 2. The molecule has 0 saturated heterocycles. The van der Waals surface area contributed by atoms with Crippen molar-refractivity contribution in [3.63, 3.8) is 0 Å². The van der Waals surface area contributed by atoms with E-state index in [0.717, 1.165) is 4.57 Å². The molecule has 0 N–H and O–H groups in total. The fourth-order valence-electron chi connectivity index (χ4n) is 2.62. The maximum atomic E-state index is 13.1. The predicted molar refractivity (Wildman–Crippen MR) is 95.2 cm³/mol. The Labute approximate surface area is 150 Å². The van der Waals surface area contributed by atoms with Crippen LogP contribution in [0, 0.1) is 0 Å². The fourth-order valence-corrected chi connectivity index (χ4v) is 2.91. The molecule has 3 aromatic heterocycles. The second-order valence-electron chi connectivity index (χ2n) is 5.20. The van der Waals surface area contributed by atoms with Crippen LogP contribution in [-0.2, 0) is 0 Å². The quantitative estimate of drug-likeness (QED) is 0.539. The molecule has 124 valence electrons. The highest BCUT2D eigenvalue weighted by atomic mass is 35.5. The Bertz CT molecular complexity index is 1210. The Hall–Kier alpha value is -2.83. The monoisotopic (exact) mass is 373 g/mol. The summed E-state index contributed by atoms with van der Waals surface area (Å²) < 4.78 is 7.65. The van der Waals surface area contributed by atoms with Crippen molar-refractivity contribution in [2.75, 3.05) is 0 Å². The van der Waals surface area contributed by atoms with Gasteiger partial charge in [0.2, 0.25) is 5.58 Å². The summed E-state index contributed by atoms with van der Waals surface area (Å²) in [5, 5.41) is 0.657. The second-order valence-corrected chi connectivity index (χ2v) is 6.02. The van der Waals surface area contributed by atoms with Crippen molar-refractivity contribution in [3.8, 4) is 11.4 Å². The molecule has 0 aliphatic carbocycles. The third kappa shape index (κ3) is 2.47. The Morgan fingerprint density at radius 3 is 2.52 bits per heavy atom. The van der Waals surface area contributed by atoms with E-state index in [-0.39, 0.29) is 5.58 Å². The van der Waals surface area contributed by atoms with Crippen LogP contribution in [-0.4, -0.2) is 14.1 Å². The van der Waals surface area contributed by atoms with Gasteiger partial charge < -0.3 is 4.42 Å². The van der Waals surface area contributed by atoms with Crippen molar-refractivity contribution in [2.24, 2.45) is 0 Å². The molecule has 0 spiro atoms. The van der Waals surface area contributed by atoms with Gasteiger partial charge in [-0.3, -0.25) is 14.3 Å². The lowest BCUT2D eigenvalue weighted by Gasteiger charge is -2.12. The van der Waals surface area contributed by atoms with Gasteiger partial charge in [-0.2, -0.15) is 0 Å². The van der Waals surface area contributed by atoms with Crippen LogP contribution in [0.5, 0.6) is 0 Å². The lowest BCUT2D eigenvalue weighted by molar-refractivity contribution is 0.603. The molecule has 0 atom stereocenters. The molecular weight excluding hydrogens is 365 g/mol. The van der Waals surface area contributed by atoms with Gasteiger partial charge in [-0.15, -0.1) is 0 Å². The van der Waals surface area contributed by atoms with Crippen LogP contribution in [0.2, 0.25) is 10.0 Å². The van der Waals surface area contributed by atoms with Gasteiger partial charge in [0.05, 0.1) is 33.9 Å². The van der Waals surface area contributed by atoms with Gasteiger partial charge in [0.15, 0.2) is 0 Å². The average Bonchev–Trinajstić information content (AvgIpc) is 3.09. The van der Waals surface area contributed by atoms with Gasteiger partial charge in [-0.25, -0.2) is 9.36 Å². The highest BCUT2D eigenvalue weighted by Gasteiger charge is 2.18. The van der Waals surface area contributed by atoms with Crippen molar-refractivity contribution in [1.29, 1.82) is 0 Å². The van der Waals surface area contributed by atoms with E-state index in [4.69, 9.17) is 27.6 Å². The molecule has 0 amide bonds. The summed E-state index contributed by atoms with van der Waals surface area (Å²) in [6.45, 7) is 0. The predicted octanol–water partition coefficient (Wildman–Crippen LogP) is 3.44. The molecule has 0 fully saturated rings. The van der Waals surface area contributed by atoms with Crippen LogP contribution in [0.25, 0.3) is 22.5 Å². The first-order valence-electron chi connectivity index (χ1n) is 7.19. The summed E-state index contributed by atoms with van der Waals surface area (Å²) in [6.07, 6.45) is 4.33. The van der Waals surface area contributed by atoms with Gasteiger partial charge in [-0.1, -0.05) is 23.2 Å². The first-order chi connectivity index (χ1) is 12.1. The zero-order valence-electron chi connectivity index (χ0n) is 12.5. The zero-order chi connectivity index (χ0) is 17.6. The van der Waals surface area contributed by atoms with E-state index < -0.39 is 11.2 Å². The first kappa shape index (κ1) is 15.7. The highest BCUT2D eigenvalue weighted by molar-refractivity contribution is 6.42. The third-order valence-corrected chi connectivity index (χ3v) is 4.47. The molecular formula is C17H9Cl2N3O3. The number of benzene rings is 1. The van der Waals surface area contributed by atoms with E-state index in [0.29, 0.717) is 26.9 Å². The van der Waals surface area contributed by atoms with Crippen LogP contribution >= 0.6 is 23.2 Å². The number of halogens is 2. The van der Waals surface area contributed by atoms with Gasteiger partial charge in [-0.05, 0) is 30.3 Å². The molecule has 0 radical (unpaired) electrons. The molecule has 25 heavy (non-hydrogen) atoms. The number of fused-ring (bicyclic) bond motifs is 1. The minimum absolute atomic E-state index is 0.0505. The van der Waals surface area contributed by atoms with Gasteiger partial charge in [0, 0.05) is 12.3 Å². The van der Waals surface area contributed by atoms with Crippen molar-refractivity contribution in [3.05, 3.63) is 85.9 Å². The van der Waals surface area contributed by atoms with E-state index in [9.17, 15) is 9.59 Å². The Balaban J connectivity index is 2.15. The molecule has 0 aliphatic rings. The van der Waals surface area contributed by atoms with Crippen LogP contribution in [0.15, 0.2) is 69.1 Å². The topological polar surface area (TPSA) is 70.0 Å². The summed E-state index contributed by atoms with van der Waals surface area (Å²) in [4.78, 5) is 29.7. The smallest absolute Gasteiger partial charge is 0.341 e. The molecule has 4 aromatic rings. The number of nitrogens with zero attached hydrogens (tertiary/aromatic N) is 3. The van der Waals surface area contributed by atoms with Crippen LogP contribution < -0.4 is 11.2 Å². The van der Waals surface area contributed by atoms with Crippen molar-refractivity contribution < 1.29 is 4.42 Å².